The summed E-state index contributed by atoms with van der Waals surface area (Å²) in [5.41, 5.74) is 0. The van der Waals surface area contributed by atoms with E-state index in [4.69, 9.17) is 14.2 Å². The van der Waals surface area contributed by atoms with Crippen LogP contribution in [0, 0.1) is 0 Å². The molecule has 0 rings (SSSR count). The van der Waals surface area contributed by atoms with Crippen molar-refractivity contribution in [1.82, 2.24) is 0 Å². The lowest BCUT2D eigenvalue weighted by molar-refractivity contribution is -0.167. The average Bonchev–Trinajstić information content (AvgIpc) is 3.37. The Morgan fingerprint density at radius 3 is 0.859 bits per heavy atom. The SMILES string of the molecule is CC/C=C\C/C=C\C/C=C\C/C=C\C/C=C\C/C=C\C/C=C\C/C=C\CCCCCCC(=O)OCC(COC(=O)CCCCCCC)OC(=O)CCCCC/C=C\C/C=C\C/C=C\C/C=C\C/C=C\CC. The largest absolute Gasteiger partial charge is 0.462 e. The smallest absolute Gasteiger partial charge is 0.306 e. The summed E-state index contributed by atoms with van der Waals surface area (Å²) >= 11 is 0. The van der Waals surface area contributed by atoms with Gasteiger partial charge in [-0.2, -0.15) is 0 Å². The molecule has 6 heteroatoms. The molecule has 0 aromatic heterocycles. The highest BCUT2D eigenvalue weighted by atomic mass is 16.6. The van der Waals surface area contributed by atoms with Gasteiger partial charge in [-0.25, -0.2) is 0 Å². The lowest BCUT2D eigenvalue weighted by Crippen LogP contribution is -2.30. The molecule has 0 aromatic carbocycles. The number of carbonyl (C=O) groups is 3. The Labute approximate surface area is 435 Å². The van der Waals surface area contributed by atoms with E-state index in [9.17, 15) is 14.4 Å². The maximum absolute atomic E-state index is 12.8. The number of esters is 3. The molecule has 0 aliphatic carbocycles. The van der Waals surface area contributed by atoms with Crippen molar-refractivity contribution in [3.63, 3.8) is 0 Å². The summed E-state index contributed by atoms with van der Waals surface area (Å²) in [5, 5.41) is 0. The van der Waals surface area contributed by atoms with Crippen LogP contribution in [0.2, 0.25) is 0 Å². The number of carbonyl (C=O) groups excluding carboxylic acids is 3. The predicted octanol–water partition coefficient (Wildman–Crippen LogP) is 19.0. The first kappa shape index (κ1) is 66.0. The van der Waals surface area contributed by atoms with Gasteiger partial charge in [0.1, 0.15) is 13.2 Å². The molecule has 0 saturated heterocycles. The molecule has 0 fully saturated rings. The molecule has 0 bridgehead atoms. The molecule has 0 aliphatic rings. The van der Waals surface area contributed by atoms with Crippen molar-refractivity contribution in [2.75, 3.05) is 13.2 Å². The van der Waals surface area contributed by atoms with Crippen molar-refractivity contribution in [3.05, 3.63) is 158 Å². The van der Waals surface area contributed by atoms with Gasteiger partial charge >= 0.3 is 17.9 Å². The Kier molecular flexibility index (Phi) is 53.6. The van der Waals surface area contributed by atoms with Gasteiger partial charge < -0.3 is 14.2 Å². The highest BCUT2D eigenvalue weighted by molar-refractivity contribution is 5.71. The summed E-state index contributed by atoms with van der Waals surface area (Å²) in [7, 11) is 0. The molecule has 0 amide bonds. The molecule has 0 aromatic rings. The molecule has 0 spiro atoms. The fraction of sp³-hybridized carbons (Fsp3) is 0.554. The Morgan fingerprint density at radius 2 is 0.549 bits per heavy atom. The molecule has 0 N–H and O–H groups in total. The zero-order chi connectivity index (χ0) is 51.4. The molecule has 0 aliphatic heterocycles. The van der Waals surface area contributed by atoms with Gasteiger partial charge in [0.2, 0.25) is 0 Å². The second-order valence-electron chi connectivity index (χ2n) is 17.7. The van der Waals surface area contributed by atoms with Crippen molar-refractivity contribution < 1.29 is 28.6 Å². The van der Waals surface area contributed by atoms with Crippen LogP contribution in [0.3, 0.4) is 0 Å². The minimum Gasteiger partial charge on any atom is -0.462 e. The van der Waals surface area contributed by atoms with E-state index in [-0.39, 0.29) is 37.5 Å². The maximum Gasteiger partial charge on any atom is 0.306 e. The molecule has 0 saturated carbocycles. The van der Waals surface area contributed by atoms with Crippen LogP contribution in [0.1, 0.15) is 213 Å². The summed E-state index contributed by atoms with van der Waals surface area (Å²) in [6, 6.07) is 0. The lowest BCUT2D eigenvalue weighted by atomic mass is 10.1. The van der Waals surface area contributed by atoms with Gasteiger partial charge in [0, 0.05) is 19.3 Å². The fourth-order valence-electron chi connectivity index (χ4n) is 6.89. The van der Waals surface area contributed by atoms with Crippen LogP contribution in [-0.4, -0.2) is 37.2 Å². The molecule has 0 heterocycles. The summed E-state index contributed by atoms with van der Waals surface area (Å²) in [4.78, 5) is 37.8. The third-order valence-electron chi connectivity index (χ3n) is 11.0. The lowest BCUT2D eigenvalue weighted by Gasteiger charge is -2.18. The van der Waals surface area contributed by atoms with E-state index in [1.54, 1.807) is 0 Å². The molecule has 6 nitrogen and oxygen atoms in total. The summed E-state index contributed by atoms with van der Waals surface area (Å²) in [6.07, 6.45) is 84.2. The topological polar surface area (TPSA) is 78.9 Å². The highest BCUT2D eigenvalue weighted by Crippen LogP contribution is 2.12. The standard InChI is InChI=1S/C65H100O6/c1-4-7-10-13-15-17-19-21-23-25-27-28-29-30-31-32-33-34-35-36-38-39-41-43-45-47-49-52-55-58-64(67)70-61-62(60-69-63(66)57-54-51-12-9-6-3)71-65(68)59-56-53-50-48-46-44-42-40-37-26-24-22-20-18-16-14-11-8-5-2/h7-8,10-11,15-18,21-24,27-28,30-31,33-34,36-38,40-41,43-44,46,62H,4-6,9,12-14,19-20,25-26,29,32,35,39,42,45,47-61H2,1-3H3/b10-7-,11-8-,17-15-,18-16-,23-21-,24-22-,28-27-,31-30-,34-33-,38-36-,40-37-,43-41-,46-44-. The van der Waals surface area contributed by atoms with Crippen molar-refractivity contribution in [2.45, 2.75) is 219 Å². The van der Waals surface area contributed by atoms with Crippen LogP contribution in [-0.2, 0) is 28.6 Å². The normalized spacial score (nSPS) is 13.3. The quantitative estimate of drug-likeness (QED) is 0.0262. The molecule has 396 valence electrons. The van der Waals surface area contributed by atoms with Gasteiger partial charge in [0.05, 0.1) is 0 Å². The minimum absolute atomic E-state index is 0.107. The predicted molar refractivity (Wildman–Crippen MR) is 306 cm³/mol. The second-order valence-corrected chi connectivity index (χ2v) is 17.7. The average molecular weight is 978 g/mol. The first-order valence-corrected chi connectivity index (χ1v) is 28.0. The Morgan fingerprint density at radius 1 is 0.296 bits per heavy atom. The van der Waals surface area contributed by atoms with Gasteiger partial charge in [-0.05, 0) is 128 Å². The number of rotatable bonds is 48. The van der Waals surface area contributed by atoms with Crippen molar-refractivity contribution in [1.29, 1.82) is 0 Å². The second kappa shape index (κ2) is 57.6. The van der Waals surface area contributed by atoms with Gasteiger partial charge in [0.15, 0.2) is 6.10 Å². The first-order valence-electron chi connectivity index (χ1n) is 28.0. The molecular weight excluding hydrogens is 877 g/mol. The van der Waals surface area contributed by atoms with Crippen LogP contribution in [0.25, 0.3) is 0 Å². The van der Waals surface area contributed by atoms with Crippen LogP contribution in [0.5, 0.6) is 0 Å². The Balaban J connectivity index is 4.26. The molecule has 71 heavy (non-hydrogen) atoms. The molecular formula is C65H100O6. The minimum atomic E-state index is -0.810. The van der Waals surface area contributed by atoms with E-state index in [2.05, 4.69) is 179 Å². The molecule has 0 radical (unpaired) electrons. The van der Waals surface area contributed by atoms with Gasteiger partial charge in [0.25, 0.3) is 0 Å². The highest BCUT2D eigenvalue weighted by Gasteiger charge is 2.19. The van der Waals surface area contributed by atoms with E-state index in [0.717, 1.165) is 167 Å². The zero-order valence-corrected chi connectivity index (χ0v) is 45.2. The third kappa shape index (κ3) is 55.8. The van der Waals surface area contributed by atoms with E-state index in [0.29, 0.717) is 19.3 Å². The van der Waals surface area contributed by atoms with E-state index < -0.39 is 6.10 Å². The number of unbranched alkanes of at least 4 members (excludes halogenated alkanes) is 11. The van der Waals surface area contributed by atoms with Crippen molar-refractivity contribution in [2.24, 2.45) is 0 Å². The van der Waals surface area contributed by atoms with E-state index in [1.807, 2.05) is 0 Å². The van der Waals surface area contributed by atoms with E-state index in [1.165, 1.54) is 0 Å². The van der Waals surface area contributed by atoms with Crippen LogP contribution < -0.4 is 0 Å². The summed E-state index contributed by atoms with van der Waals surface area (Å²) in [5.74, 6) is -0.992. The Hall–Kier alpha value is -4.97. The number of ether oxygens (including phenoxy) is 3. The Bertz CT molecular complexity index is 1640. The number of hydrogen-bond acceptors (Lipinski definition) is 6. The number of allylic oxidation sites excluding steroid dienone is 26. The summed E-state index contributed by atoms with van der Waals surface area (Å²) in [6.45, 7) is 6.25. The van der Waals surface area contributed by atoms with Crippen LogP contribution >= 0.6 is 0 Å². The fourth-order valence-corrected chi connectivity index (χ4v) is 6.89. The van der Waals surface area contributed by atoms with Gasteiger partial charge in [-0.1, -0.05) is 224 Å². The summed E-state index contributed by atoms with van der Waals surface area (Å²) < 4.78 is 16.6. The van der Waals surface area contributed by atoms with Crippen molar-refractivity contribution >= 4 is 17.9 Å². The third-order valence-corrected chi connectivity index (χ3v) is 11.0. The van der Waals surface area contributed by atoms with Crippen LogP contribution in [0.4, 0.5) is 0 Å². The first-order chi connectivity index (χ1) is 35.0. The molecule has 1 unspecified atom stereocenters. The van der Waals surface area contributed by atoms with Crippen molar-refractivity contribution in [3.8, 4) is 0 Å². The van der Waals surface area contributed by atoms with Gasteiger partial charge in [-0.3, -0.25) is 14.4 Å². The van der Waals surface area contributed by atoms with Crippen LogP contribution in [0.15, 0.2) is 158 Å². The monoisotopic (exact) mass is 977 g/mol. The number of hydrogen-bond donors (Lipinski definition) is 0. The van der Waals surface area contributed by atoms with Gasteiger partial charge in [-0.15, -0.1) is 0 Å². The molecule has 1 atom stereocenters. The van der Waals surface area contributed by atoms with E-state index >= 15 is 0 Å². The zero-order valence-electron chi connectivity index (χ0n) is 45.2. The maximum atomic E-state index is 12.8.